The molecule has 0 spiro atoms. The summed E-state index contributed by atoms with van der Waals surface area (Å²) in [7, 11) is 0. The van der Waals surface area contributed by atoms with Crippen molar-refractivity contribution in [3.05, 3.63) is 95.2 Å². The van der Waals surface area contributed by atoms with Crippen LogP contribution in [0.5, 0.6) is 11.5 Å². The Labute approximate surface area is 305 Å². The van der Waals surface area contributed by atoms with Gasteiger partial charge in [-0.1, -0.05) is 18.2 Å². The molecule has 0 bridgehead atoms. The molecule has 2 aromatic carbocycles. The van der Waals surface area contributed by atoms with E-state index in [4.69, 9.17) is 24.8 Å². The number of benzene rings is 2. The summed E-state index contributed by atoms with van der Waals surface area (Å²) in [6.45, 7) is 4.59. The molecule has 3 heterocycles. The van der Waals surface area contributed by atoms with Gasteiger partial charge in [0.15, 0.2) is 11.5 Å². The monoisotopic (exact) mass is 723 g/mol. The number of ether oxygens (including phenoxy) is 1. The third-order valence-electron chi connectivity index (χ3n) is 8.15. The van der Waals surface area contributed by atoms with Crippen molar-refractivity contribution in [3.63, 3.8) is 0 Å². The molecular formula is C38H38FN7O7. The zero-order chi connectivity index (χ0) is 38.5. The Morgan fingerprint density at radius 1 is 1.08 bits per heavy atom. The Morgan fingerprint density at radius 2 is 1.79 bits per heavy atom. The van der Waals surface area contributed by atoms with Gasteiger partial charge in [-0.2, -0.15) is 10.5 Å². The van der Waals surface area contributed by atoms with Crippen molar-refractivity contribution in [2.45, 2.75) is 44.9 Å². The first-order valence-corrected chi connectivity index (χ1v) is 16.4. The van der Waals surface area contributed by atoms with Crippen LogP contribution < -0.4 is 20.4 Å². The summed E-state index contributed by atoms with van der Waals surface area (Å²) in [5, 5.41) is 59.7. The fourth-order valence-corrected chi connectivity index (χ4v) is 5.58. The molecule has 14 nitrogen and oxygen atoms in total. The number of nitrogens with one attached hydrogen (secondary N) is 2. The quantitative estimate of drug-likeness (QED) is 0.0542. The molecule has 274 valence electrons. The first-order valence-electron chi connectivity index (χ1n) is 16.4. The number of piperidine rings is 1. The van der Waals surface area contributed by atoms with Gasteiger partial charge in [0.25, 0.3) is 12.4 Å². The maximum absolute atomic E-state index is 14.9. The summed E-state index contributed by atoms with van der Waals surface area (Å²) in [4.78, 5) is 30.7. The lowest BCUT2D eigenvalue weighted by molar-refractivity contribution is -0.124. The smallest absolute Gasteiger partial charge is 0.290 e. The number of hydroxylamine groups is 1. The number of aliphatic hydroxyl groups is 1. The minimum Gasteiger partial charge on any atom is -0.504 e. The van der Waals surface area contributed by atoms with E-state index in [9.17, 15) is 29.9 Å². The predicted molar refractivity (Wildman–Crippen MR) is 192 cm³/mol. The first-order chi connectivity index (χ1) is 25.4. The van der Waals surface area contributed by atoms with Gasteiger partial charge in [0.2, 0.25) is 0 Å². The van der Waals surface area contributed by atoms with Crippen LogP contribution in [0, 0.1) is 28.5 Å². The average Bonchev–Trinajstić information content (AvgIpc) is 3.15. The number of pyridine rings is 2. The van der Waals surface area contributed by atoms with Crippen LogP contribution in [0.3, 0.4) is 0 Å². The number of aromatic hydroxyl groups is 1. The molecule has 1 saturated heterocycles. The lowest BCUT2D eigenvalue weighted by Gasteiger charge is -2.34. The van der Waals surface area contributed by atoms with Crippen molar-refractivity contribution in [3.8, 4) is 45.9 Å². The summed E-state index contributed by atoms with van der Waals surface area (Å²) >= 11 is 0. The van der Waals surface area contributed by atoms with Crippen molar-refractivity contribution in [1.29, 1.82) is 10.5 Å². The van der Waals surface area contributed by atoms with Crippen molar-refractivity contribution >= 4 is 24.3 Å². The standard InChI is InChI=1S/C37H36FN7O5.CH2O2/c1-37(2,48)22-50-33-9-7-24(16-32(33)46)30-21-43-36(29(18-40)35(30)25-5-6-26(17-39)31(38)15-25)45-13-11-27(12-14-45)42-20-28-8-3-23(19-41-28)4-10-34(47)44-49;2-1-3/h3-10,15-16,19,21,27,42,46,48-49H,11-14,20,22H2,1-2H3,(H,44,47);1H,(H,2,3)/b10-4+;. The minimum absolute atomic E-state index is 0.0480. The summed E-state index contributed by atoms with van der Waals surface area (Å²) < 4.78 is 20.5. The molecule has 4 aromatic rings. The molecule has 0 aliphatic carbocycles. The predicted octanol–water partition coefficient (Wildman–Crippen LogP) is 4.53. The fraction of sp³-hybridized carbons (Fsp3) is 0.263. The van der Waals surface area contributed by atoms with Crippen molar-refractivity contribution < 1.29 is 39.2 Å². The lowest BCUT2D eigenvalue weighted by atomic mass is 9.91. The zero-order valence-electron chi connectivity index (χ0n) is 29.0. The van der Waals surface area contributed by atoms with Crippen molar-refractivity contribution in [2.75, 3.05) is 24.6 Å². The van der Waals surface area contributed by atoms with Gasteiger partial charge in [-0.15, -0.1) is 0 Å². The first kappa shape index (κ1) is 39.4. The van der Waals surface area contributed by atoms with Gasteiger partial charge in [-0.25, -0.2) is 14.9 Å². The zero-order valence-corrected chi connectivity index (χ0v) is 29.0. The number of aromatic nitrogens is 2. The summed E-state index contributed by atoms with van der Waals surface area (Å²) in [6, 6.07) is 16.9. The normalized spacial score (nSPS) is 13.0. The minimum atomic E-state index is -1.12. The molecule has 1 aliphatic rings. The van der Waals surface area contributed by atoms with E-state index in [1.54, 1.807) is 50.5 Å². The lowest BCUT2D eigenvalue weighted by Crippen LogP contribution is -2.43. The van der Waals surface area contributed by atoms with Gasteiger partial charge in [0, 0.05) is 55.3 Å². The molecule has 1 amide bonds. The van der Waals surface area contributed by atoms with Crippen LogP contribution in [0.4, 0.5) is 10.2 Å². The number of halogens is 1. The third kappa shape index (κ3) is 10.6. The molecule has 53 heavy (non-hydrogen) atoms. The van der Waals surface area contributed by atoms with Gasteiger partial charge in [0.05, 0.1) is 16.9 Å². The Kier molecular flexibility index (Phi) is 13.5. The van der Waals surface area contributed by atoms with E-state index < -0.39 is 17.3 Å². The van der Waals surface area contributed by atoms with Crippen LogP contribution >= 0.6 is 0 Å². The molecule has 0 unspecified atom stereocenters. The second-order valence-corrected chi connectivity index (χ2v) is 12.6. The molecule has 2 aromatic heterocycles. The van der Waals surface area contributed by atoms with Crippen LogP contribution in [0.2, 0.25) is 0 Å². The number of rotatable bonds is 11. The third-order valence-corrected chi connectivity index (χ3v) is 8.15. The van der Waals surface area contributed by atoms with Crippen LogP contribution in [0.1, 0.15) is 49.1 Å². The highest BCUT2D eigenvalue weighted by Crippen LogP contribution is 2.41. The highest BCUT2D eigenvalue weighted by Gasteiger charge is 2.26. The molecule has 0 atom stereocenters. The van der Waals surface area contributed by atoms with E-state index in [1.807, 2.05) is 23.1 Å². The molecule has 1 aliphatic heterocycles. The van der Waals surface area contributed by atoms with Gasteiger partial charge in [-0.05, 0) is 79.8 Å². The van der Waals surface area contributed by atoms with Crippen molar-refractivity contribution in [2.24, 2.45) is 0 Å². The number of hydrogen-bond acceptors (Lipinski definition) is 12. The number of amides is 1. The van der Waals surface area contributed by atoms with Crippen LogP contribution in [-0.4, -0.2) is 74.2 Å². The van der Waals surface area contributed by atoms with E-state index in [0.717, 1.165) is 18.5 Å². The molecule has 15 heteroatoms. The maximum atomic E-state index is 14.9. The second kappa shape index (κ2) is 18.2. The summed E-state index contributed by atoms with van der Waals surface area (Å²) in [5.74, 6) is -0.925. The number of nitriles is 2. The van der Waals surface area contributed by atoms with Gasteiger partial charge >= 0.3 is 0 Å². The van der Waals surface area contributed by atoms with Crippen LogP contribution in [0.25, 0.3) is 28.3 Å². The molecule has 6 N–H and O–H groups in total. The number of carboxylic acid groups (broad SMARTS) is 1. The molecular weight excluding hydrogens is 685 g/mol. The number of carbonyl (C=O) groups excluding carboxylic acids is 1. The molecule has 0 radical (unpaired) electrons. The topological polar surface area (TPSA) is 225 Å². The SMILES string of the molecule is CC(C)(O)COc1ccc(-c2cnc(N3CCC(NCc4ccc(/C=C/C(=O)NO)cn4)CC3)c(C#N)c2-c2ccc(C#N)c(F)c2)cc1O.O=CO. The van der Waals surface area contributed by atoms with E-state index in [2.05, 4.69) is 16.4 Å². The number of anilines is 1. The van der Waals surface area contributed by atoms with Gasteiger partial charge in [-0.3, -0.25) is 19.8 Å². The molecule has 0 saturated carbocycles. The number of carbonyl (C=O) groups is 2. The molecule has 1 fully saturated rings. The number of nitrogens with zero attached hydrogens (tertiary/aromatic N) is 5. The van der Waals surface area contributed by atoms with Gasteiger partial charge in [0.1, 0.15) is 35.9 Å². The fourth-order valence-electron chi connectivity index (χ4n) is 5.58. The highest BCUT2D eigenvalue weighted by molar-refractivity contribution is 5.91. The number of hydrogen-bond donors (Lipinski definition) is 6. The van der Waals surface area contributed by atoms with E-state index in [-0.39, 0.29) is 41.7 Å². The Hall–Kier alpha value is -6.39. The highest BCUT2D eigenvalue weighted by atomic mass is 19.1. The Morgan fingerprint density at radius 3 is 2.38 bits per heavy atom. The summed E-state index contributed by atoms with van der Waals surface area (Å²) in [6.07, 6.45) is 7.49. The molecule has 5 rings (SSSR count). The van der Waals surface area contributed by atoms with Crippen LogP contribution in [0.15, 0.2) is 67.0 Å². The Bertz CT molecular complexity index is 2030. The second-order valence-electron chi connectivity index (χ2n) is 12.6. The number of phenols is 1. The van der Waals surface area contributed by atoms with Crippen molar-refractivity contribution in [1.82, 2.24) is 20.8 Å². The van der Waals surface area contributed by atoms with E-state index in [0.29, 0.717) is 53.3 Å². The van der Waals surface area contributed by atoms with E-state index in [1.165, 1.54) is 29.8 Å². The largest absolute Gasteiger partial charge is 0.504 e. The van der Waals surface area contributed by atoms with Crippen LogP contribution in [-0.2, 0) is 16.1 Å². The van der Waals surface area contributed by atoms with Gasteiger partial charge < -0.3 is 30.3 Å². The van der Waals surface area contributed by atoms with E-state index >= 15 is 0 Å². The summed E-state index contributed by atoms with van der Waals surface area (Å²) in [5.41, 5.74) is 3.83. The maximum Gasteiger partial charge on any atom is 0.290 e. The average molecular weight is 724 g/mol. The number of phenolic OH excluding ortho intramolecular Hbond substituents is 1. The Balaban J connectivity index is 0.00000202.